The Kier molecular flexibility index (Phi) is 7.47. The van der Waals surface area contributed by atoms with Gasteiger partial charge in [0, 0.05) is 12.3 Å². The summed E-state index contributed by atoms with van der Waals surface area (Å²) in [6.07, 6.45) is -1.80. The fourth-order valence-corrected chi connectivity index (χ4v) is 1.70. The van der Waals surface area contributed by atoms with Gasteiger partial charge in [0.1, 0.15) is 6.10 Å². The van der Waals surface area contributed by atoms with E-state index in [9.17, 15) is 13.2 Å². The van der Waals surface area contributed by atoms with Crippen molar-refractivity contribution in [1.82, 2.24) is 10.3 Å². The highest BCUT2D eigenvalue weighted by molar-refractivity contribution is 5.85. The van der Waals surface area contributed by atoms with Gasteiger partial charge in [-0.05, 0) is 32.0 Å². The third-order valence-electron chi connectivity index (χ3n) is 2.64. The van der Waals surface area contributed by atoms with Gasteiger partial charge >= 0.3 is 6.18 Å². The second kappa shape index (κ2) is 7.77. The molecule has 1 aliphatic rings. The number of nitrogens with one attached hydrogen (secondary N) is 1. The summed E-state index contributed by atoms with van der Waals surface area (Å²) in [5.74, 6) is 0.255. The predicted octanol–water partition coefficient (Wildman–Crippen LogP) is 3.07. The van der Waals surface area contributed by atoms with E-state index >= 15 is 0 Å². The number of aromatic nitrogens is 1. The first-order valence-electron chi connectivity index (χ1n) is 5.46. The quantitative estimate of drug-likeness (QED) is 0.910. The second-order valence-corrected chi connectivity index (χ2v) is 3.95. The molecule has 0 saturated carbocycles. The summed E-state index contributed by atoms with van der Waals surface area (Å²) in [6.45, 7) is 1.73. The molecule has 0 aliphatic carbocycles. The number of ether oxygens (including phenoxy) is 1. The van der Waals surface area contributed by atoms with Gasteiger partial charge in [-0.2, -0.15) is 13.2 Å². The lowest BCUT2D eigenvalue weighted by atomic mass is 10.1. The van der Waals surface area contributed by atoms with Gasteiger partial charge < -0.3 is 10.1 Å². The number of hydrogen-bond acceptors (Lipinski definition) is 3. The maximum Gasteiger partial charge on any atom is 0.417 e. The van der Waals surface area contributed by atoms with Gasteiger partial charge in [0.25, 0.3) is 0 Å². The summed E-state index contributed by atoms with van der Waals surface area (Å²) in [5, 5.41) is 3.18. The molecule has 1 aliphatic heterocycles. The van der Waals surface area contributed by atoms with Crippen molar-refractivity contribution in [1.29, 1.82) is 0 Å². The summed E-state index contributed by atoms with van der Waals surface area (Å²) in [5.41, 5.74) is -0.754. The van der Waals surface area contributed by atoms with E-state index < -0.39 is 11.7 Å². The van der Waals surface area contributed by atoms with Crippen LogP contribution in [0.1, 0.15) is 18.4 Å². The van der Waals surface area contributed by atoms with Crippen molar-refractivity contribution in [2.45, 2.75) is 25.1 Å². The summed E-state index contributed by atoms with van der Waals surface area (Å²) in [4.78, 5) is 3.68. The van der Waals surface area contributed by atoms with Gasteiger partial charge in [0.05, 0.1) is 5.56 Å². The Morgan fingerprint density at radius 2 is 1.79 bits per heavy atom. The van der Waals surface area contributed by atoms with E-state index in [4.69, 9.17) is 4.74 Å². The Labute approximate surface area is 121 Å². The zero-order chi connectivity index (χ0) is 12.3. The molecule has 0 bridgehead atoms. The monoisotopic (exact) mass is 318 g/mol. The molecule has 110 valence electrons. The minimum Gasteiger partial charge on any atom is -0.474 e. The zero-order valence-corrected chi connectivity index (χ0v) is 11.6. The highest BCUT2D eigenvalue weighted by Crippen LogP contribution is 2.29. The lowest BCUT2D eigenvalue weighted by Crippen LogP contribution is -2.34. The number of pyridine rings is 1. The first kappa shape index (κ1) is 18.3. The van der Waals surface area contributed by atoms with E-state index in [1.165, 1.54) is 6.07 Å². The van der Waals surface area contributed by atoms with Crippen LogP contribution in [0.4, 0.5) is 13.2 Å². The predicted molar refractivity (Wildman–Crippen MR) is 70.3 cm³/mol. The maximum atomic E-state index is 12.3. The van der Waals surface area contributed by atoms with Gasteiger partial charge in [0.15, 0.2) is 0 Å². The minimum atomic E-state index is -4.35. The normalized spacial score (nSPS) is 16.2. The Morgan fingerprint density at radius 3 is 2.26 bits per heavy atom. The van der Waals surface area contributed by atoms with Crippen molar-refractivity contribution in [3.63, 3.8) is 0 Å². The van der Waals surface area contributed by atoms with Crippen LogP contribution in [-0.4, -0.2) is 24.2 Å². The third-order valence-corrected chi connectivity index (χ3v) is 2.64. The smallest absolute Gasteiger partial charge is 0.417 e. The summed E-state index contributed by atoms with van der Waals surface area (Å²) < 4.78 is 42.4. The van der Waals surface area contributed by atoms with Crippen LogP contribution in [0.15, 0.2) is 18.3 Å². The molecule has 0 atom stereocenters. The zero-order valence-electron chi connectivity index (χ0n) is 9.94. The molecule has 0 spiro atoms. The van der Waals surface area contributed by atoms with E-state index in [1.54, 1.807) is 0 Å². The molecule has 0 unspecified atom stereocenters. The van der Waals surface area contributed by atoms with Crippen LogP contribution < -0.4 is 10.1 Å². The second-order valence-electron chi connectivity index (χ2n) is 3.95. The Morgan fingerprint density at radius 1 is 1.16 bits per heavy atom. The van der Waals surface area contributed by atoms with Crippen LogP contribution >= 0.6 is 24.8 Å². The largest absolute Gasteiger partial charge is 0.474 e. The van der Waals surface area contributed by atoms with Gasteiger partial charge in [-0.15, -0.1) is 24.8 Å². The van der Waals surface area contributed by atoms with Crippen LogP contribution in [0.5, 0.6) is 5.88 Å². The molecule has 1 N–H and O–H groups in total. The molecule has 2 heterocycles. The summed E-state index contributed by atoms with van der Waals surface area (Å²) >= 11 is 0. The molecule has 1 saturated heterocycles. The minimum absolute atomic E-state index is 0. The van der Waals surface area contributed by atoms with Crippen LogP contribution in [0.3, 0.4) is 0 Å². The van der Waals surface area contributed by atoms with E-state index in [1.807, 2.05) is 0 Å². The number of hydrogen-bond donors (Lipinski definition) is 1. The maximum absolute atomic E-state index is 12.3. The molecule has 0 amide bonds. The standard InChI is InChI=1S/C11H13F3N2O.2ClH/c12-11(13,14)8-1-2-10(16-7-8)17-9-3-5-15-6-4-9;;/h1-2,7,9,15H,3-6H2;2*1H. The lowest BCUT2D eigenvalue weighted by molar-refractivity contribution is -0.137. The van der Waals surface area contributed by atoms with Crippen LogP contribution in [0, 0.1) is 0 Å². The summed E-state index contributed by atoms with van der Waals surface area (Å²) in [7, 11) is 0. The lowest BCUT2D eigenvalue weighted by Gasteiger charge is -2.23. The highest BCUT2D eigenvalue weighted by Gasteiger charge is 2.30. The number of piperidine rings is 1. The molecular formula is C11H15Cl2F3N2O. The number of rotatable bonds is 2. The first-order valence-corrected chi connectivity index (χ1v) is 5.46. The highest BCUT2D eigenvalue weighted by atomic mass is 35.5. The van der Waals surface area contributed by atoms with E-state index in [-0.39, 0.29) is 36.8 Å². The van der Waals surface area contributed by atoms with E-state index in [0.29, 0.717) is 0 Å². The van der Waals surface area contributed by atoms with Crippen LogP contribution in [0.25, 0.3) is 0 Å². The van der Waals surface area contributed by atoms with Gasteiger partial charge in [-0.1, -0.05) is 0 Å². The molecule has 0 radical (unpaired) electrons. The summed E-state index contributed by atoms with van der Waals surface area (Å²) in [6, 6.07) is 2.26. The third kappa shape index (κ3) is 5.42. The Hall–Kier alpha value is -0.720. The van der Waals surface area contributed by atoms with Crippen molar-refractivity contribution < 1.29 is 17.9 Å². The molecule has 1 aromatic heterocycles. The molecular weight excluding hydrogens is 304 g/mol. The SMILES string of the molecule is Cl.Cl.FC(F)(F)c1ccc(OC2CCNCC2)nc1. The average molecular weight is 319 g/mol. The van der Waals surface area contributed by atoms with Crippen molar-refractivity contribution in [3.05, 3.63) is 23.9 Å². The fourth-order valence-electron chi connectivity index (χ4n) is 1.70. The molecule has 1 fully saturated rings. The molecule has 0 aromatic carbocycles. The van der Waals surface area contributed by atoms with Crippen molar-refractivity contribution in [2.75, 3.05) is 13.1 Å². The Balaban J connectivity index is 0.00000162. The Bertz CT molecular complexity index is 367. The topological polar surface area (TPSA) is 34.1 Å². The first-order chi connectivity index (χ1) is 8.05. The average Bonchev–Trinajstić information content (AvgIpc) is 2.30. The van der Waals surface area contributed by atoms with Crippen LogP contribution in [-0.2, 0) is 6.18 Å². The molecule has 8 heteroatoms. The van der Waals surface area contributed by atoms with E-state index in [0.717, 1.165) is 38.2 Å². The number of nitrogens with zero attached hydrogens (tertiary/aromatic N) is 1. The number of halogens is 5. The van der Waals surface area contributed by atoms with E-state index in [2.05, 4.69) is 10.3 Å². The van der Waals surface area contributed by atoms with Crippen molar-refractivity contribution in [2.24, 2.45) is 0 Å². The fraction of sp³-hybridized carbons (Fsp3) is 0.545. The van der Waals surface area contributed by atoms with Gasteiger partial charge in [0.2, 0.25) is 5.88 Å². The molecule has 2 rings (SSSR count). The molecule has 1 aromatic rings. The van der Waals surface area contributed by atoms with Gasteiger partial charge in [-0.3, -0.25) is 0 Å². The molecule has 3 nitrogen and oxygen atoms in total. The van der Waals surface area contributed by atoms with Crippen LogP contribution in [0.2, 0.25) is 0 Å². The number of alkyl halides is 3. The van der Waals surface area contributed by atoms with Crippen molar-refractivity contribution in [3.8, 4) is 5.88 Å². The van der Waals surface area contributed by atoms with Crippen molar-refractivity contribution >= 4 is 24.8 Å². The van der Waals surface area contributed by atoms with Gasteiger partial charge in [-0.25, -0.2) is 4.98 Å². The molecule has 19 heavy (non-hydrogen) atoms.